The molecule has 5 heteroatoms. The van der Waals surface area contributed by atoms with E-state index < -0.39 is 6.10 Å². The standard InChI is InChI=1S/C23H42O5/c1-3-5-7-9-11-12-14-16-18-23(26)28-21(19-24)20-27-22(25)17-15-13-10-8-6-4-2/h3,5,21,24H,4,6-20H2,1-2H3/b5-3-/t21-/m1/s1. The molecule has 0 fully saturated rings. The van der Waals surface area contributed by atoms with E-state index >= 15 is 0 Å². The molecule has 0 bridgehead atoms. The molecule has 0 aliphatic carbocycles. The van der Waals surface area contributed by atoms with Gasteiger partial charge in [0.25, 0.3) is 0 Å². The summed E-state index contributed by atoms with van der Waals surface area (Å²) in [6, 6.07) is 0. The molecule has 0 aromatic heterocycles. The largest absolute Gasteiger partial charge is 0.462 e. The minimum Gasteiger partial charge on any atom is -0.462 e. The van der Waals surface area contributed by atoms with Crippen LogP contribution < -0.4 is 0 Å². The highest BCUT2D eigenvalue weighted by molar-refractivity contribution is 5.70. The smallest absolute Gasteiger partial charge is 0.306 e. The van der Waals surface area contributed by atoms with Crippen LogP contribution in [-0.2, 0) is 19.1 Å². The maximum Gasteiger partial charge on any atom is 0.306 e. The molecule has 164 valence electrons. The summed E-state index contributed by atoms with van der Waals surface area (Å²) in [5.74, 6) is -0.622. The van der Waals surface area contributed by atoms with Crippen LogP contribution in [0.3, 0.4) is 0 Å². The van der Waals surface area contributed by atoms with Gasteiger partial charge in [-0.1, -0.05) is 70.4 Å². The molecule has 0 aliphatic rings. The van der Waals surface area contributed by atoms with E-state index in [4.69, 9.17) is 9.47 Å². The highest BCUT2D eigenvalue weighted by atomic mass is 16.6. The molecular formula is C23H42O5. The number of aliphatic hydroxyl groups is 1. The lowest BCUT2D eigenvalue weighted by Crippen LogP contribution is -2.28. The summed E-state index contributed by atoms with van der Waals surface area (Å²) >= 11 is 0. The van der Waals surface area contributed by atoms with Crippen molar-refractivity contribution in [2.75, 3.05) is 13.2 Å². The summed E-state index contributed by atoms with van der Waals surface area (Å²) in [5, 5.41) is 9.32. The summed E-state index contributed by atoms with van der Waals surface area (Å²) in [6.45, 7) is 3.81. The number of hydrogen-bond donors (Lipinski definition) is 1. The first-order chi connectivity index (χ1) is 13.6. The fraction of sp³-hybridized carbons (Fsp3) is 0.826. The second-order valence-corrected chi connectivity index (χ2v) is 7.37. The minimum absolute atomic E-state index is 0.0676. The highest BCUT2D eigenvalue weighted by Gasteiger charge is 2.15. The van der Waals surface area contributed by atoms with E-state index in [0.29, 0.717) is 12.8 Å². The molecular weight excluding hydrogens is 356 g/mol. The molecule has 1 N–H and O–H groups in total. The average molecular weight is 399 g/mol. The summed E-state index contributed by atoms with van der Waals surface area (Å²) in [6.07, 6.45) is 17.3. The van der Waals surface area contributed by atoms with E-state index in [-0.39, 0.29) is 25.2 Å². The lowest BCUT2D eigenvalue weighted by Gasteiger charge is -2.15. The Morgan fingerprint density at radius 2 is 1.43 bits per heavy atom. The van der Waals surface area contributed by atoms with Gasteiger partial charge in [0.2, 0.25) is 0 Å². The molecule has 0 saturated heterocycles. The number of carbonyl (C=O) groups excluding carboxylic acids is 2. The maximum atomic E-state index is 11.8. The van der Waals surface area contributed by atoms with E-state index in [1.165, 1.54) is 32.1 Å². The number of carbonyl (C=O) groups is 2. The van der Waals surface area contributed by atoms with Crippen LogP contribution in [0.2, 0.25) is 0 Å². The summed E-state index contributed by atoms with van der Waals surface area (Å²) in [5.41, 5.74) is 0. The van der Waals surface area contributed by atoms with Crippen molar-refractivity contribution in [3.63, 3.8) is 0 Å². The summed E-state index contributed by atoms with van der Waals surface area (Å²) < 4.78 is 10.3. The first-order valence-electron chi connectivity index (χ1n) is 11.2. The molecule has 1 atom stereocenters. The molecule has 5 nitrogen and oxygen atoms in total. The fourth-order valence-electron chi connectivity index (χ4n) is 2.91. The van der Waals surface area contributed by atoms with Crippen molar-refractivity contribution in [3.8, 4) is 0 Å². The van der Waals surface area contributed by atoms with Crippen LogP contribution in [0.15, 0.2) is 12.2 Å². The van der Waals surface area contributed by atoms with Crippen LogP contribution >= 0.6 is 0 Å². The van der Waals surface area contributed by atoms with Crippen molar-refractivity contribution in [2.24, 2.45) is 0 Å². The summed E-state index contributed by atoms with van der Waals surface area (Å²) in [4.78, 5) is 23.6. The van der Waals surface area contributed by atoms with Gasteiger partial charge in [-0.15, -0.1) is 0 Å². The molecule has 28 heavy (non-hydrogen) atoms. The van der Waals surface area contributed by atoms with Gasteiger partial charge in [0.1, 0.15) is 6.61 Å². The molecule has 0 spiro atoms. The van der Waals surface area contributed by atoms with E-state index in [9.17, 15) is 14.7 Å². The van der Waals surface area contributed by atoms with Gasteiger partial charge < -0.3 is 14.6 Å². The maximum absolute atomic E-state index is 11.8. The Kier molecular flexibility index (Phi) is 19.4. The minimum atomic E-state index is -0.762. The molecule has 0 aromatic carbocycles. The van der Waals surface area contributed by atoms with Crippen LogP contribution in [0.4, 0.5) is 0 Å². The Balaban J connectivity index is 3.69. The third-order valence-electron chi connectivity index (χ3n) is 4.65. The number of rotatable bonds is 19. The van der Waals surface area contributed by atoms with E-state index in [1.54, 1.807) is 0 Å². The Morgan fingerprint density at radius 1 is 0.857 bits per heavy atom. The molecule has 0 unspecified atom stereocenters. The van der Waals surface area contributed by atoms with Gasteiger partial charge in [-0.05, 0) is 32.6 Å². The number of ether oxygens (including phenoxy) is 2. The highest BCUT2D eigenvalue weighted by Crippen LogP contribution is 2.10. The van der Waals surface area contributed by atoms with Crippen molar-refractivity contribution < 1.29 is 24.2 Å². The molecule has 0 radical (unpaired) electrons. The van der Waals surface area contributed by atoms with Crippen LogP contribution in [0, 0.1) is 0 Å². The lowest BCUT2D eigenvalue weighted by atomic mass is 10.1. The third-order valence-corrected chi connectivity index (χ3v) is 4.65. The predicted octanol–water partition coefficient (Wildman–Crippen LogP) is 5.49. The van der Waals surface area contributed by atoms with Crippen molar-refractivity contribution in [1.82, 2.24) is 0 Å². The predicted molar refractivity (Wildman–Crippen MR) is 113 cm³/mol. The van der Waals surface area contributed by atoms with E-state index in [2.05, 4.69) is 19.1 Å². The normalized spacial score (nSPS) is 12.2. The van der Waals surface area contributed by atoms with Crippen LogP contribution in [0.5, 0.6) is 0 Å². The molecule has 0 aromatic rings. The topological polar surface area (TPSA) is 72.8 Å². The monoisotopic (exact) mass is 398 g/mol. The fourth-order valence-corrected chi connectivity index (χ4v) is 2.91. The van der Waals surface area contributed by atoms with Gasteiger partial charge in [0, 0.05) is 12.8 Å². The zero-order valence-electron chi connectivity index (χ0n) is 18.1. The van der Waals surface area contributed by atoms with Crippen molar-refractivity contribution in [3.05, 3.63) is 12.2 Å². The Hall–Kier alpha value is -1.36. The number of hydrogen-bond acceptors (Lipinski definition) is 5. The van der Waals surface area contributed by atoms with Gasteiger partial charge in [0.05, 0.1) is 6.61 Å². The first-order valence-corrected chi connectivity index (χ1v) is 11.2. The van der Waals surface area contributed by atoms with Gasteiger partial charge in [-0.3, -0.25) is 9.59 Å². The van der Waals surface area contributed by atoms with E-state index in [0.717, 1.165) is 44.9 Å². The number of aliphatic hydroxyl groups excluding tert-OH is 1. The van der Waals surface area contributed by atoms with Crippen LogP contribution in [0.25, 0.3) is 0 Å². The molecule has 0 aliphatic heterocycles. The van der Waals surface area contributed by atoms with Crippen molar-refractivity contribution in [1.29, 1.82) is 0 Å². The number of esters is 2. The van der Waals surface area contributed by atoms with Crippen molar-refractivity contribution in [2.45, 2.75) is 110 Å². The number of unbranched alkanes of at least 4 members (excludes halogenated alkanes) is 10. The molecule has 0 saturated carbocycles. The Bertz CT molecular complexity index is 406. The van der Waals surface area contributed by atoms with Crippen LogP contribution in [0.1, 0.15) is 104 Å². The molecule has 0 rings (SSSR count). The number of allylic oxidation sites excluding steroid dienone is 2. The molecule has 0 amide bonds. The van der Waals surface area contributed by atoms with E-state index in [1.807, 2.05) is 6.92 Å². The van der Waals surface area contributed by atoms with Gasteiger partial charge >= 0.3 is 11.9 Å². The Labute approximate surface area is 171 Å². The zero-order chi connectivity index (χ0) is 20.9. The quantitative estimate of drug-likeness (QED) is 0.177. The van der Waals surface area contributed by atoms with Gasteiger partial charge in [-0.25, -0.2) is 0 Å². The lowest BCUT2D eigenvalue weighted by molar-refractivity contribution is -0.161. The second kappa shape index (κ2) is 20.4. The molecule has 0 heterocycles. The van der Waals surface area contributed by atoms with Gasteiger partial charge in [-0.2, -0.15) is 0 Å². The Morgan fingerprint density at radius 3 is 2.04 bits per heavy atom. The van der Waals surface area contributed by atoms with Gasteiger partial charge in [0.15, 0.2) is 6.10 Å². The first kappa shape index (κ1) is 26.6. The summed E-state index contributed by atoms with van der Waals surface area (Å²) in [7, 11) is 0. The average Bonchev–Trinajstić information content (AvgIpc) is 2.69. The zero-order valence-corrected chi connectivity index (χ0v) is 18.1. The van der Waals surface area contributed by atoms with Crippen molar-refractivity contribution >= 4 is 11.9 Å². The van der Waals surface area contributed by atoms with Crippen LogP contribution in [-0.4, -0.2) is 36.4 Å². The second-order valence-electron chi connectivity index (χ2n) is 7.37. The SMILES string of the molecule is C/C=C\CCCCCCCC(=O)O[C@H](CO)COC(=O)CCCCCCCC. The third kappa shape index (κ3) is 18.0.